The lowest BCUT2D eigenvalue weighted by Crippen LogP contribution is -2.48. The zero-order valence-corrected chi connectivity index (χ0v) is 14.8. The SMILES string of the molecule is CC(C)CC(CN(C)C)NC(=O)C1CCCNC1.Cl.Cl. The van der Waals surface area contributed by atoms with E-state index in [1.54, 1.807) is 0 Å². The molecule has 1 aliphatic rings. The lowest BCUT2D eigenvalue weighted by atomic mass is 9.97. The molecule has 1 aliphatic heterocycles. The first kappa shape index (κ1) is 22.3. The Hall–Kier alpha value is -0.0300. The van der Waals surface area contributed by atoms with Gasteiger partial charge in [-0.15, -0.1) is 24.8 Å². The Balaban J connectivity index is 0. The summed E-state index contributed by atoms with van der Waals surface area (Å²) in [6, 6.07) is 0.273. The van der Waals surface area contributed by atoms with E-state index in [9.17, 15) is 4.79 Å². The molecule has 0 aromatic rings. The normalized spacial score (nSPS) is 20.0. The van der Waals surface area contributed by atoms with Crippen molar-refractivity contribution >= 4 is 30.7 Å². The minimum atomic E-state index is 0. The molecular weight excluding hydrogens is 297 g/mol. The van der Waals surface area contributed by atoms with Crippen LogP contribution < -0.4 is 10.6 Å². The first-order valence-electron chi connectivity index (χ1n) is 7.15. The van der Waals surface area contributed by atoms with E-state index < -0.39 is 0 Å². The number of halogens is 2. The van der Waals surface area contributed by atoms with E-state index in [0.29, 0.717) is 5.92 Å². The second-order valence-electron chi connectivity index (χ2n) is 6.14. The Kier molecular flexibility index (Phi) is 12.9. The van der Waals surface area contributed by atoms with Crippen molar-refractivity contribution in [3.8, 4) is 0 Å². The zero-order chi connectivity index (χ0) is 13.5. The van der Waals surface area contributed by atoms with E-state index in [4.69, 9.17) is 0 Å². The first-order chi connectivity index (χ1) is 8.49. The molecule has 6 heteroatoms. The summed E-state index contributed by atoms with van der Waals surface area (Å²) >= 11 is 0. The van der Waals surface area contributed by atoms with E-state index in [0.717, 1.165) is 38.9 Å². The summed E-state index contributed by atoms with van der Waals surface area (Å²) in [7, 11) is 4.11. The minimum absolute atomic E-state index is 0. The van der Waals surface area contributed by atoms with Crippen molar-refractivity contribution in [3.63, 3.8) is 0 Å². The Bertz CT molecular complexity index is 247. The number of amides is 1. The number of rotatable bonds is 6. The van der Waals surface area contributed by atoms with Gasteiger partial charge >= 0.3 is 0 Å². The minimum Gasteiger partial charge on any atom is -0.352 e. The fraction of sp³-hybridized carbons (Fsp3) is 0.929. The van der Waals surface area contributed by atoms with Gasteiger partial charge in [0.15, 0.2) is 0 Å². The van der Waals surface area contributed by atoms with Crippen molar-refractivity contribution in [2.45, 2.75) is 39.2 Å². The van der Waals surface area contributed by atoms with Crippen LogP contribution in [0.1, 0.15) is 33.1 Å². The van der Waals surface area contributed by atoms with E-state index in [-0.39, 0.29) is 42.7 Å². The van der Waals surface area contributed by atoms with Crippen LogP contribution in [0.2, 0.25) is 0 Å². The van der Waals surface area contributed by atoms with Gasteiger partial charge in [0, 0.05) is 19.1 Å². The largest absolute Gasteiger partial charge is 0.352 e. The third-order valence-electron chi connectivity index (χ3n) is 3.36. The number of piperidine rings is 1. The Labute approximate surface area is 136 Å². The maximum Gasteiger partial charge on any atom is 0.224 e. The number of carbonyl (C=O) groups excluding carboxylic acids is 1. The highest BCUT2D eigenvalue weighted by Gasteiger charge is 2.23. The summed E-state index contributed by atoms with van der Waals surface area (Å²) in [5.74, 6) is 1.00. The highest BCUT2D eigenvalue weighted by Crippen LogP contribution is 2.12. The number of hydrogen-bond donors (Lipinski definition) is 2. The fourth-order valence-corrected chi connectivity index (χ4v) is 2.58. The molecule has 0 spiro atoms. The monoisotopic (exact) mass is 327 g/mol. The average molecular weight is 328 g/mol. The van der Waals surface area contributed by atoms with Gasteiger partial charge in [0.25, 0.3) is 0 Å². The molecule has 0 saturated carbocycles. The van der Waals surface area contributed by atoms with Crippen LogP contribution in [0.5, 0.6) is 0 Å². The third kappa shape index (κ3) is 9.01. The molecule has 0 radical (unpaired) electrons. The molecule has 2 unspecified atom stereocenters. The average Bonchev–Trinajstić information content (AvgIpc) is 2.28. The zero-order valence-electron chi connectivity index (χ0n) is 13.1. The maximum absolute atomic E-state index is 12.2. The molecule has 0 aliphatic carbocycles. The molecule has 1 fully saturated rings. The molecule has 20 heavy (non-hydrogen) atoms. The van der Waals surface area contributed by atoms with Gasteiger partial charge in [-0.1, -0.05) is 13.8 Å². The molecule has 0 aromatic carbocycles. The van der Waals surface area contributed by atoms with Gasteiger partial charge in [0.2, 0.25) is 5.91 Å². The maximum atomic E-state index is 12.2. The number of nitrogens with zero attached hydrogens (tertiary/aromatic N) is 1. The van der Waals surface area contributed by atoms with Gasteiger partial charge in [0.05, 0.1) is 5.92 Å². The number of carbonyl (C=O) groups is 1. The van der Waals surface area contributed by atoms with E-state index in [2.05, 4.69) is 43.5 Å². The second kappa shape index (κ2) is 11.6. The predicted octanol–water partition coefficient (Wildman–Crippen LogP) is 1.92. The highest BCUT2D eigenvalue weighted by atomic mass is 35.5. The van der Waals surface area contributed by atoms with E-state index in [1.807, 2.05) is 0 Å². The van der Waals surface area contributed by atoms with Crippen molar-refractivity contribution in [3.05, 3.63) is 0 Å². The van der Waals surface area contributed by atoms with Crippen molar-refractivity contribution in [2.24, 2.45) is 11.8 Å². The van der Waals surface area contributed by atoms with Crippen LogP contribution in [0.15, 0.2) is 0 Å². The van der Waals surface area contributed by atoms with E-state index in [1.165, 1.54) is 0 Å². The molecule has 2 N–H and O–H groups in total. The van der Waals surface area contributed by atoms with Gasteiger partial charge in [0.1, 0.15) is 0 Å². The molecule has 122 valence electrons. The lowest BCUT2D eigenvalue weighted by Gasteiger charge is -2.28. The topological polar surface area (TPSA) is 44.4 Å². The standard InChI is InChI=1S/C14H29N3O.2ClH/c1-11(2)8-13(10-17(3)4)16-14(18)12-6-5-7-15-9-12;;/h11-13,15H,5-10H2,1-4H3,(H,16,18);2*1H. The highest BCUT2D eigenvalue weighted by molar-refractivity contribution is 5.85. The third-order valence-corrected chi connectivity index (χ3v) is 3.36. The van der Waals surface area contributed by atoms with Crippen LogP contribution in [0.3, 0.4) is 0 Å². The summed E-state index contributed by atoms with van der Waals surface area (Å²) in [4.78, 5) is 14.3. The number of nitrogens with one attached hydrogen (secondary N) is 2. The molecular formula is C14H31Cl2N3O. The summed E-state index contributed by atoms with van der Waals surface area (Å²) in [6.45, 7) is 7.22. The predicted molar refractivity (Wildman–Crippen MR) is 90.0 cm³/mol. The van der Waals surface area contributed by atoms with Gasteiger partial charge in [-0.05, 0) is 45.8 Å². The van der Waals surface area contributed by atoms with Crippen LogP contribution in [0.25, 0.3) is 0 Å². The number of hydrogen-bond acceptors (Lipinski definition) is 3. The molecule has 1 saturated heterocycles. The van der Waals surface area contributed by atoms with Crippen LogP contribution in [-0.4, -0.2) is 50.6 Å². The Morgan fingerprint density at radius 1 is 1.35 bits per heavy atom. The van der Waals surface area contributed by atoms with Gasteiger partial charge in [-0.25, -0.2) is 0 Å². The number of likely N-dealkylation sites (N-methyl/N-ethyl adjacent to an activating group) is 1. The van der Waals surface area contributed by atoms with Gasteiger partial charge in [-0.2, -0.15) is 0 Å². The van der Waals surface area contributed by atoms with Crippen LogP contribution in [-0.2, 0) is 4.79 Å². The van der Waals surface area contributed by atoms with Crippen LogP contribution >= 0.6 is 24.8 Å². The van der Waals surface area contributed by atoms with Crippen molar-refractivity contribution in [1.82, 2.24) is 15.5 Å². The fourth-order valence-electron chi connectivity index (χ4n) is 2.58. The molecule has 0 bridgehead atoms. The first-order valence-corrected chi connectivity index (χ1v) is 7.15. The Morgan fingerprint density at radius 3 is 2.45 bits per heavy atom. The van der Waals surface area contributed by atoms with Crippen LogP contribution in [0.4, 0.5) is 0 Å². The summed E-state index contributed by atoms with van der Waals surface area (Å²) in [5.41, 5.74) is 0. The van der Waals surface area contributed by atoms with Crippen molar-refractivity contribution < 1.29 is 4.79 Å². The smallest absolute Gasteiger partial charge is 0.224 e. The summed E-state index contributed by atoms with van der Waals surface area (Å²) in [6.07, 6.45) is 3.18. The molecule has 1 amide bonds. The Morgan fingerprint density at radius 2 is 2.00 bits per heavy atom. The molecule has 1 rings (SSSR count). The molecule has 0 aromatic heterocycles. The molecule has 2 atom stereocenters. The molecule has 1 heterocycles. The second-order valence-corrected chi connectivity index (χ2v) is 6.14. The quantitative estimate of drug-likeness (QED) is 0.783. The van der Waals surface area contributed by atoms with Crippen LogP contribution in [0, 0.1) is 11.8 Å². The van der Waals surface area contributed by atoms with Gasteiger partial charge in [-0.3, -0.25) is 4.79 Å². The molecule has 4 nitrogen and oxygen atoms in total. The van der Waals surface area contributed by atoms with Crippen molar-refractivity contribution in [1.29, 1.82) is 0 Å². The van der Waals surface area contributed by atoms with E-state index >= 15 is 0 Å². The lowest BCUT2D eigenvalue weighted by molar-refractivity contribution is -0.126. The summed E-state index contributed by atoms with van der Waals surface area (Å²) < 4.78 is 0. The van der Waals surface area contributed by atoms with Crippen molar-refractivity contribution in [2.75, 3.05) is 33.7 Å². The summed E-state index contributed by atoms with van der Waals surface area (Å²) in [5, 5.41) is 6.53. The van der Waals surface area contributed by atoms with Gasteiger partial charge < -0.3 is 15.5 Å².